The van der Waals surface area contributed by atoms with E-state index in [2.05, 4.69) is 43.4 Å². The van der Waals surface area contributed by atoms with Crippen molar-refractivity contribution in [2.75, 3.05) is 5.32 Å². The summed E-state index contributed by atoms with van der Waals surface area (Å²) in [6, 6.07) is 10.8. The minimum absolute atomic E-state index is 0.286. The van der Waals surface area contributed by atoms with Gasteiger partial charge in [-0.25, -0.2) is 4.39 Å². The third-order valence-corrected chi connectivity index (χ3v) is 3.72. The van der Waals surface area contributed by atoms with Gasteiger partial charge in [0, 0.05) is 6.54 Å². The first kappa shape index (κ1) is 15.1. The Kier molecular flexibility index (Phi) is 4.90. The number of hydrogen-bond donors (Lipinski definition) is 1. The molecule has 0 heterocycles. The fourth-order valence-corrected chi connectivity index (χ4v) is 2.52. The molecule has 106 valence electrons. The van der Waals surface area contributed by atoms with Gasteiger partial charge >= 0.3 is 0 Å². The van der Waals surface area contributed by atoms with Crippen LogP contribution in [0.25, 0.3) is 0 Å². The standard InChI is InChI=1S/C16H16Cl2FN/c1-10(2)12-5-3-11(4-6-12)9-20-16-14(17)7-13(19)8-15(16)18/h3-8,10,20H,9H2,1-2H3. The average molecular weight is 312 g/mol. The third kappa shape index (κ3) is 3.65. The van der Waals surface area contributed by atoms with E-state index in [1.807, 2.05) is 0 Å². The quantitative estimate of drug-likeness (QED) is 0.744. The van der Waals surface area contributed by atoms with E-state index >= 15 is 0 Å². The fourth-order valence-electron chi connectivity index (χ4n) is 1.92. The Morgan fingerprint density at radius 1 is 1.05 bits per heavy atom. The van der Waals surface area contributed by atoms with Crippen LogP contribution in [-0.2, 0) is 6.54 Å². The summed E-state index contributed by atoms with van der Waals surface area (Å²) in [6.45, 7) is 4.90. The van der Waals surface area contributed by atoms with Crippen molar-refractivity contribution in [2.24, 2.45) is 0 Å². The molecule has 2 aromatic rings. The van der Waals surface area contributed by atoms with E-state index in [0.717, 1.165) is 5.56 Å². The molecule has 0 radical (unpaired) electrons. The van der Waals surface area contributed by atoms with Crippen molar-refractivity contribution >= 4 is 28.9 Å². The molecule has 0 spiro atoms. The lowest BCUT2D eigenvalue weighted by molar-refractivity contribution is 0.628. The van der Waals surface area contributed by atoms with Gasteiger partial charge in [0.1, 0.15) is 5.82 Å². The van der Waals surface area contributed by atoms with Gasteiger partial charge in [-0.15, -0.1) is 0 Å². The molecule has 0 bridgehead atoms. The summed E-state index contributed by atoms with van der Waals surface area (Å²) in [5, 5.41) is 3.71. The predicted octanol–water partition coefficient (Wildman–Crippen LogP) is 5.87. The van der Waals surface area contributed by atoms with E-state index in [0.29, 0.717) is 18.2 Å². The molecule has 1 nitrogen and oxygen atoms in total. The van der Waals surface area contributed by atoms with Crippen molar-refractivity contribution < 1.29 is 4.39 Å². The highest BCUT2D eigenvalue weighted by molar-refractivity contribution is 6.39. The molecule has 0 atom stereocenters. The largest absolute Gasteiger partial charge is 0.379 e. The van der Waals surface area contributed by atoms with Crippen molar-refractivity contribution in [3.05, 3.63) is 63.4 Å². The van der Waals surface area contributed by atoms with Gasteiger partial charge in [-0.1, -0.05) is 61.3 Å². The predicted molar refractivity (Wildman–Crippen MR) is 84.3 cm³/mol. The summed E-state index contributed by atoms with van der Waals surface area (Å²) >= 11 is 12.0. The molecule has 20 heavy (non-hydrogen) atoms. The number of benzene rings is 2. The van der Waals surface area contributed by atoms with Crippen LogP contribution in [0.4, 0.5) is 10.1 Å². The van der Waals surface area contributed by atoms with Gasteiger partial charge in [-0.05, 0) is 29.2 Å². The van der Waals surface area contributed by atoms with Gasteiger partial charge in [0.2, 0.25) is 0 Å². The molecule has 0 aliphatic rings. The van der Waals surface area contributed by atoms with E-state index in [1.165, 1.54) is 17.7 Å². The summed E-state index contributed by atoms with van der Waals surface area (Å²) in [4.78, 5) is 0. The first-order valence-electron chi connectivity index (χ1n) is 6.44. The SMILES string of the molecule is CC(C)c1ccc(CNc2c(Cl)cc(F)cc2Cl)cc1. The van der Waals surface area contributed by atoms with Crippen LogP contribution < -0.4 is 5.32 Å². The highest BCUT2D eigenvalue weighted by Gasteiger charge is 2.08. The van der Waals surface area contributed by atoms with Crippen LogP contribution in [0.1, 0.15) is 30.9 Å². The van der Waals surface area contributed by atoms with Crippen LogP contribution in [0.3, 0.4) is 0 Å². The summed E-state index contributed by atoms with van der Waals surface area (Å²) in [6.07, 6.45) is 0. The van der Waals surface area contributed by atoms with E-state index < -0.39 is 5.82 Å². The van der Waals surface area contributed by atoms with Gasteiger partial charge in [0.05, 0.1) is 15.7 Å². The Labute approximate surface area is 128 Å². The summed E-state index contributed by atoms with van der Waals surface area (Å²) < 4.78 is 13.1. The van der Waals surface area contributed by atoms with Crippen LogP contribution >= 0.6 is 23.2 Å². The third-order valence-electron chi connectivity index (χ3n) is 3.12. The van der Waals surface area contributed by atoms with Crippen LogP contribution in [-0.4, -0.2) is 0 Å². The molecule has 4 heteroatoms. The topological polar surface area (TPSA) is 12.0 Å². The zero-order valence-electron chi connectivity index (χ0n) is 11.4. The number of rotatable bonds is 4. The van der Waals surface area contributed by atoms with Gasteiger partial charge < -0.3 is 5.32 Å². The maximum atomic E-state index is 13.1. The molecule has 0 saturated heterocycles. The van der Waals surface area contributed by atoms with E-state index in [4.69, 9.17) is 23.2 Å². The number of halogens is 3. The van der Waals surface area contributed by atoms with E-state index in [9.17, 15) is 4.39 Å². The number of nitrogens with one attached hydrogen (secondary N) is 1. The minimum atomic E-state index is -0.438. The van der Waals surface area contributed by atoms with E-state index in [-0.39, 0.29) is 10.0 Å². The summed E-state index contributed by atoms with van der Waals surface area (Å²) in [7, 11) is 0. The molecular weight excluding hydrogens is 296 g/mol. The Balaban J connectivity index is 2.09. The Bertz CT molecular complexity index is 571. The smallest absolute Gasteiger partial charge is 0.126 e. The molecular formula is C16H16Cl2FN. The second-order valence-electron chi connectivity index (χ2n) is 4.99. The van der Waals surface area contributed by atoms with Gasteiger partial charge in [0.15, 0.2) is 0 Å². The Morgan fingerprint density at radius 2 is 1.60 bits per heavy atom. The molecule has 0 saturated carbocycles. The number of anilines is 1. The highest BCUT2D eigenvalue weighted by Crippen LogP contribution is 2.31. The molecule has 2 rings (SSSR count). The maximum Gasteiger partial charge on any atom is 0.126 e. The van der Waals surface area contributed by atoms with Gasteiger partial charge in [0.25, 0.3) is 0 Å². The van der Waals surface area contributed by atoms with E-state index in [1.54, 1.807) is 0 Å². The fraction of sp³-hybridized carbons (Fsp3) is 0.250. The second kappa shape index (κ2) is 6.47. The molecule has 2 aromatic carbocycles. The monoisotopic (exact) mass is 311 g/mol. The lowest BCUT2D eigenvalue weighted by Gasteiger charge is -2.12. The van der Waals surface area contributed by atoms with Crippen LogP contribution in [0.2, 0.25) is 10.0 Å². The normalized spacial score (nSPS) is 10.9. The maximum absolute atomic E-state index is 13.1. The lowest BCUT2D eigenvalue weighted by Crippen LogP contribution is -2.01. The van der Waals surface area contributed by atoms with Gasteiger partial charge in [-0.3, -0.25) is 0 Å². The van der Waals surface area contributed by atoms with Crippen molar-refractivity contribution in [3.8, 4) is 0 Å². The Morgan fingerprint density at radius 3 is 2.10 bits per heavy atom. The van der Waals surface area contributed by atoms with Crippen molar-refractivity contribution in [3.63, 3.8) is 0 Å². The second-order valence-corrected chi connectivity index (χ2v) is 5.81. The first-order valence-corrected chi connectivity index (χ1v) is 7.20. The molecule has 0 aliphatic heterocycles. The highest BCUT2D eigenvalue weighted by atomic mass is 35.5. The first-order chi connectivity index (χ1) is 9.47. The zero-order chi connectivity index (χ0) is 14.7. The van der Waals surface area contributed by atoms with Crippen molar-refractivity contribution in [1.29, 1.82) is 0 Å². The lowest BCUT2D eigenvalue weighted by atomic mass is 10.0. The average Bonchev–Trinajstić information content (AvgIpc) is 2.38. The van der Waals surface area contributed by atoms with Crippen molar-refractivity contribution in [2.45, 2.75) is 26.3 Å². The molecule has 0 amide bonds. The van der Waals surface area contributed by atoms with Crippen LogP contribution in [0, 0.1) is 5.82 Å². The molecule has 0 aromatic heterocycles. The molecule has 0 unspecified atom stereocenters. The summed E-state index contributed by atoms with van der Waals surface area (Å²) in [5.41, 5.74) is 2.97. The Hall–Kier alpha value is -1.25. The van der Waals surface area contributed by atoms with Gasteiger partial charge in [-0.2, -0.15) is 0 Å². The van der Waals surface area contributed by atoms with Crippen LogP contribution in [0.15, 0.2) is 36.4 Å². The number of hydrogen-bond acceptors (Lipinski definition) is 1. The minimum Gasteiger partial charge on any atom is -0.379 e. The zero-order valence-corrected chi connectivity index (χ0v) is 12.9. The van der Waals surface area contributed by atoms with Crippen LogP contribution in [0.5, 0.6) is 0 Å². The molecule has 0 fully saturated rings. The molecule has 0 aliphatic carbocycles. The van der Waals surface area contributed by atoms with Crippen molar-refractivity contribution in [1.82, 2.24) is 0 Å². The summed E-state index contributed by atoms with van der Waals surface area (Å²) in [5.74, 6) is 0.0739. The molecule has 1 N–H and O–H groups in total.